The normalized spacial score (nSPS) is 12.4. The van der Waals surface area contributed by atoms with Crippen molar-refractivity contribution in [2.75, 3.05) is 13.7 Å². The molecule has 0 aliphatic carbocycles. The summed E-state index contributed by atoms with van der Waals surface area (Å²) in [5.41, 5.74) is 1.81. The van der Waals surface area contributed by atoms with E-state index in [-0.39, 0.29) is 43.0 Å². The molecule has 1 amide bonds. The van der Waals surface area contributed by atoms with E-state index in [1.807, 2.05) is 38.1 Å². The third-order valence-electron chi connectivity index (χ3n) is 4.45. The van der Waals surface area contributed by atoms with E-state index in [0.29, 0.717) is 6.42 Å². The van der Waals surface area contributed by atoms with Crippen molar-refractivity contribution in [1.82, 2.24) is 15.3 Å². The molecule has 0 aliphatic rings. The second-order valence-corrected chi connectivity index (χ2v) is 7.81. The van der Waals surface area contributed by atoms with Gasteiger partial charge in [0.05, 0.1) is 36.8 Å². The Morgan fingerprint density at radius 1 is 1.14 bits per heavy atom. The lowest BCUT2D eigenvalue weighted by Gasteiger charge is -2.22. The average molecular weight is 385 g/mol. The van der Waals surface area contributed by atoms with Crippen LogP contribution in [0.15, 0.2) is 30.5 Å². The fourth-order valence-corrected chi connectivity index (χ4v) is 2.98. The summed E-state index contributed by atoms with van der Waals surface area (Å²) >= 11 is 0. The van der Waals surface area contributed by atoms with Gasteiger partial charge in [-0.1, -0.05) is 32.9 Å². The lowest BCUT2D eigenvalue weighted by molar-refractivity contribution is -0.143. The Bertz CT molecular complexity index is 864. The van der Waals surface area contributed by atoms with Crippen LogP contribution in [0.2, 0.25) is 0 Å². The maximum atomic E-state index is 12.3. The predicted molar refractivity (Wildman–Crippen MR) is 105 cm³/mol. The molecule has 2 aromatic rings. The zero-order valence-electron chi connectivity index (χ0n) is 16.8. The zero-order valence-corrected chi connectivity index (χ0v) is 16.8. The fraction of sp³-hybridized carbons (Fsp3) is 0.476. The molecule has 0 fully saturated rings. The molecular weight excluding hydrogens is 358 g/mol. The van der Waals surface area contributed by atoms with Gasteiger partial charge in [0.25, 0.3) is 0 Å². The third-order valence-corrected chi connectivity index (χ3v) is 4.45. The van der Waals surface area contributed by atoms with E-state index in [9.17, 15) is 14.4 Å². The summed E-state index contributed by atoms with van der Waals surface area (Å²) in [5, 5.41) is 2.68. The maximum Gasteiger partial charge on any atom is 0.306 e. The number of carbonyl (C=O) groups is 3. The second kappa shape index (κ2) is 9.39. The maximum absolute atomic E-state index is 12.3. The first-order chi connectivity index (χ1) is 13.2. The van der Waals surface area contributed by atoms with Crippen LogP contribution in [0.5, 0.6) is 0 Å². The smallest absolute Gasteiger partial charge is 0.306 e. The quantitative estimate of drug-likeness (QED) is 0.666. The summed E-state index contributed by atoms with van der Waals surface area (Å²) in [6, 6.07) is 7.56. The van der Waals surface area contributed by atoms with Gasteiger partial charge in [0.2, 0.25) is 5.91 Å². The molecule has 1 heterocycles. The Morgan fingerprint density at radius 2 is 1.82 bits per heavy atom. The summed E-state index contributed by atoms with van der Waals surface area (Å²) < 4.78 is 4.65. The van der Waals surface area contributed by atoms with Crippen LogP contribution in [0.1, 0.15) is 39.3 Å². The number of fused-ring (bicyclic) bond motifs is 1. The number of methoxy groups -OCH3 is 1. The van der Waals surface area contributed by atoms with Crippen molar-refractivity contribution in [2.24, 2.45) is 11.3 Å². The van der Waals surface area contributed by atoms with Crippen LogP contribution < -0.4 is 5.32 Å². The van der Waals surface area contributed by atoms with Crippen LogP contribution in [0, 0.1) is 11.3 Å². The highest BCUT2D eigenvalue weighted by molar-refractivity contribution is 5.87. The molecule has 1 aromatic heterocycles. The molecule has 7 nitrogen and oxygen atoms in total. The summed E-state index contributed by atoms with van der Waals surface area (Å²) in [7, 11) is 1.32. The Labute approximate surface area is 164 Å². The van der Waals surface area contributed by atoms with Gasteiger partial charge in [-0.25, -0.2) is 4.98 Å². The van der Waals surface area contributed by atoms with Crippen molar-refractivity contribution < 1.29 is 19.1 Å². The van der Waals surface area contributed by atoms with Gasteiger partial charge in [0.15, 0.2) is 5.78 Å². The van der Waals surface area contributed by atoms with Crippen LogP contribution in [-0.2, 0) is 25.5 Å². The van der Waals surface area contributed by atoms with Crippen molar-refractivity contribution in [3.63, 3.8) is 0 Å². The molecule has 0 spiro atoms. The number of rotatable bonds is 9. The molecule has 0 radical (unpaired) electrons. The van der Waals surface area contributed by atoms with E-state index in [0.717, 1.165) is 16.7 Å². The number of benzene rings is 1. The topological polar surface area (TPSA) is 98.2 Å². The van der Waals surface area contributed by atoms with E-state index in [2.05, 4.69) is 20.0 Å². The van der Waals surface area contributed by atoms with Gasteiger partial charge in [0.1, 0.15) is 0 Å². The van der Waals surface area contributed by atoms with Crippen molar-refractivity contribution in [3.8, 4) is 0 Å². The zero-order chi connectivity index (χ0) is 20.7. The number of aromatic nitrogens is 2. The van der Waals surface area contributed by atoms with Crippen molar-refractivity contribution in [3.05, 3.63) is 36.2 Å². The van der Waals surface area contributed by atoms with E-state index < -0.39 is 5.41 Å². The third kappa shape index (κ3) is 6.40. The molecule has 0 aliphatic heterocycles. The number of nitrogens with one attached hydrogen (secondary N) is 1. The van der Waals surface area contributed by atoms with Crippen LogP contribution in [-0.4, -0.2) is 41.3 Å². The van der Waals surface area contributed by atoms with E-state index >= 15 is 0 Å². The van der Waals surface area contributed by atoms with Gasteiger partial charge in [-0.15, -0.1) is 0 Å². The molecule has 0 saturated heterocycles. The molecule has 2 rings (SSSR count). The number of para-hydroxylation sites is 2. The molecule has 1 N–H and O–H groups in total. The van der Waals surface area contributed by atoms with Gasteiger partial charge >= 0.3 is 5.97 Å². The van der Waals surface area contributed by atoms with Crippen LogP contribution in [0.25, 0.3) is 11.0 Å². The monoisotopic (exact) mass is 385 g/mol. The second-order valence-electron chi connectivity index (χ2n) is 7.81. The lowest BCUT2D eigenvalue weighted by Crippen LogP contribution is -2.36. The number of amides is 1. The molecule has 1 atom stereocenters. The Hall–Kier alpha value is -2.83. The Kier molecular flexibility index (Phi) is 7.20. The Morgan fingerprint density at radius 3 is 2.50 bits per heavy atom. The van der Waals surface area contributed by atoms with Crippen molar-refractivity contribution in [1.29, 1.82) is 0 Å². The summed E-state index contributed by atoms with van der Waals surface area (Å²) in [5.74, 6) is -1.03. The number of esters is 1. The predicted octanol–water partition coefficient (Wildman–Crippen LogP) is 2.47. The first kappa shape index (κ1) is 21.5. The highest BCUT2D eigenvalue weighted by atomic mass is 16.5. The molecule has 0 saturated carbocycles. The van der Waals surface area contributed by atoms with Gasteiger partial charge in [-0.05, 0) is 17.5 Å². The molecule has 1 aromatic carbocycles. The van der Waals surface area contributed by atoms with Gasteiger partial charge in [0, 0.05) is 25.0 Å². The number of Topliss-reactive ketones (excluding diaryl/α,β-unsaturated/α-hetero) is 1. The van der Waals surface area contributed by atoms with E-state index in [1.165, 1.54) is 7.11 Å². The van der Waals surface area contributed by atoms with Gasteiger partial charge < -0.3 is 10.1 Å². The average Bonchev–Trinajstić information content (AvgIpc) is 2.65. The molecule has 150 valence electrons. The minimum Gasteiger partial charge on any atom is -0.469 e. The SMILES string of the molecule is COC(=O)CC(C)(C)CC(=O)CNC(=O)C(C)Cc1cnc2ccccc2n1. The molecule has 7 heteroatoms. The standard InChI is InChI=1S/C21H27N3O4/c1-14(9-15-12-22-17-7-5-6-8-18(17)24-15)20(27)23-13-16(25)10-21(2,3)11-19(26)28-4/h5-8,12,14H,9-11,13H2,1-4H3,(H,23,27). The molecule has 1 unspecified atom stereocenters. The lowest BCUT2D eigenvalue weighted by atomic mass is 9.84. The Balaban J connectivity index is 1.84. The number of hydrogen-bond donors (Lipinski definition) is 1. The van der Waals surface area contributed by atoms with Crippen LogP contribution in [0.3, 0.4) is 0 Å². The van der Waals surface area contributed by atoms with Crippen LogP contribution >= 0.6 is 0 Å². The van der Waals surface area contributed by atoms with Crippen molar-refractivity contribution >= 4 is 28.7 Å². The fourth-order valence-electron chi connectivity index (χ4n) is 2.98. The first-order valence-corrected chi connectivity index (χ1v) is 9.27. The molecular formula is C21H27N3O4. The first-order valence-electron chi connectivity index (χ1n) is 9.27. The number of ketones is 1. The van der Waals surface area contributed by atoms with E-state index in [1.54, 1.807) is 13.1 Å². The highest BCUT2D eigenvalue weighted by Gasteiger charge is 2.26. The molecule has 0 bridgehead atoms. The number of nitrogens with zero attached hydrogens (tertiary/aromatic N) is 2. The summed E-state index contributed by atoms with van der Waals surface area (Å²) in [6.07, 6.45) is 2.45. The minimum absolute atomic E-state index is 0.0584. The van der Waals surface area contributed by atoms with Gasteiger partial charge in [-0.3, -0.25) is 19.4 Å². The number of hydrogen-bond acceptors (Lipinski definition) is 6. The summed E-state index contributed by atoms with van der Waals surface area (Å²) in [6.45, 7) is 5.38. The highest BCUT2D eigenvalue weighted by Crippen LogP contribution is 2.25. The van der Waals surface area contributed by atoms with Gasteiger partial charge in [-0.2, -0.15) is 0 Å². The minimum atomic E-state index is -0.513. The number of carbonyl (C=O) groups excluding carboxylic acids is 3. The largest absolute Gasteiger partial charge is 0.469 e. The molecule has 28 heavy (non-hydrogen) atoms. The van der Waals surface area contributed by atoms with Crippen molar-refractivity contribution in [2.45, 2.75) is 40.0 Å². The summed E-state index contributed by atoms with van der Waals surface area (Å²) in [4.78, 5) is 44.8. The van der Waals surface area contributed by atoms with E-state index in [4.69, 9.17) is 0 Å². The van der Waals surface area contributed by atoms with Crippen LogP contribution in [0.4, 0.5) is 0 Å². The number of ether oxygens (including phenoxy) is 1.